The summed E-state index contributed by atoms with van der Waals surface area (Å²) < 4.78 is 0. The van der Waals surface area contributed by atoms with Gasteiger partial charge in [0.2, 0.25) is 0 Å². The predicted molar refractivity (Wildman–Crippen MR) is 91.2 cm³/mol. The molecular weight excluding hydrogens is 278 g/mol. The van der Waals surface area contributed by atoms with Crippen LogP contribution in [0.2, 0.25) is 0 Å². The van der Waals surface area contributed by atoms with E-state index in [1.807, 2.05) is 12.4 Å². The Morgan fingerprint density at radius 3 is 2.29 bits per heavy atom. The van der Waals surface area contributed by atoms with Gasteiger partial charge in [0, 0.05) is 31.9 Å². The predicted octanol–water partition coefficient (Wildman–Crippen LogP) is 2.58. The van der Waals surface area contributed by atoms with Gasteiger partial charge in [-0.05, 0) is 42.3 Å². The van der Waals surface area contributed by atoms with Crippen LogP contribution >= 0.6 is 12.2 Å². The molecule has 0 saturated heterocycles. The second-order valence-corrected chi connectivity index (χ2v) is 5.83. The number of thiocarbonyl (C=S) groups is 1. The van der Waals surface area contributed by atoms with E-state index in [1.54, 1.807) is 0 Å². The molecule has 1 heterocycles. The summed E-state index contributed by atoms with van der Waals surface area (Å²) in [6, 6.07) is 12.6. The highest BCUT2D eigenvalue weighted by atomic mass is 32.1. The van der Waals surface area contributed by atoms with Crippen molar-refractivity contribution < 1.29 is 0 Å². The monoisotopic (exact) mass is 299 g/mol. The molecule has 0 spiro atoms. The molecule has 2 rings (SSSR count). The van der Waals surface area contributed by atoms with Gasteiger partial charge in [0.05, 0.1) is 4.99 Å². The lowest BCUT2D eigenvalue weighted by atomic mass is 10.1. The number of pyridine rings is 1. The highest BCUT2D eigenvalue weighted by Gasteiger charge is 2.02. The molecule has 21 heavy (non-hydrogen) atoms. The Hall–Kier alpha value is -1.78. The molecule has 4 heteroatoms. The van der Waals surface area contributed by atoms with Gasteiger partial charge < -0.3 is 10.6 Å². The van der Waals surface area contributed by atoms with Crippen LogP contribution in [0.3, 0.4) is 0 Å². The summed E-state index contributed by atoms with van der Waals surface area (Å²) in [5.41, 5.74) is 9.36. The maximum absolute atomic E-state index is 5.56. The molecular formula is C17H21N3S. The Kier molecular flexibility index (Phi) is 5.84. The van der Waals surface area contributed by atoms with Gasteiger partial charge in [0.1, 0.15) is 0 Å². The number of benzene rings is 1. The Labute approximate surface area is 131 Å². The third kappa shape index (κ3) is 5.61. The normalized spacial score (nSPS) is 10.8. The highest BCUT2D eigenvalue weighted by molar-refractivity contribution is 7.80. The quantitative estimate of drug-likeness (QED) is 0.798. The third-order valence-corrected chi connectivity index (χ3v) is 3.53. The molecule has 0 radical (unpaired) electrons. The molecule has 0 aliphatic carbocycles. The second kappa shape index (κ2) is 7.86. The summed E-state index contributed by atoms with van der Waals surface area (Å²) in [5, 5.41) is 0. The van der Waals surface area contributed by atoms with E-state index in [9.17, 15) is 0 Å². The maximum Gasteiger partial charge on any atom is 0.0771 e. The molecule has 1 aromatic carbocycles. The van der Waals surface area contributed by atoms with E-state index in [0.29, 0.717) is 11.4 Å². The Bertz CT molecular complexity index is 566. The Balaban J connectivity index is 1.82. The zero-order chi connectivity index (χ0) is 15.1. The van der Waals surface area contributed by atoms with Crippen LogP contribution in [0.1, 0.15) is 16.7 Å². The van der Waals surface area contributed by atoms with Crippen LogP contribution in [0, 0.1) is 0 Å². The van der Waals surface area contributed by atoms with E-state index in [-0.39, 0.29) is 0 Å². The van der Waals surface area contributed by atoms with Crippen molar-refractivity contribution in [1.29, 1.82) is 0 Å². The molecule has 2 N–H and O–H groups in total. The van der Waals surface area contributed by atoms with Crippen molar-refractivity contribution in [2.45, 2.75) is 19.4 Å². The van der Waals surface area contributed by atoms with Crippen molar-refractivity contribution in [1.82, 2.24) is 9.88 Å². The molecule has 1 aromatic heterocycles. The number of rotatable bonds is 7. The number of aromatic nitrogens is 1. The average molecular weight is 299 g/mol. The van der Waals surface area contributed by atoms with Crippen LogP contribution in [-0.2, 0) is 19.4 Å². The van der Waals surface area contributed by atoms with E-state index in [1.165, 1.54) is 16.7 Å². The summed E-state index contributed by atoms with van der Waals surface area (Å²) in [4.78, 5) is 6.90. The lowest BCUT2D eigenvalue weighted by Gasteiger charge is -2.17. The van der Waals surface area contributed by atoms with E-state index in [0.717, 1.165) is 19.5 Å². The number of nitrogens with zero attached hydrogens (tertiary/aromatic N) is 2. The molecule has 110 valence electrons. The van der Waals surface area contributed by atoms with Crippen LogP contribution in [-0.4, -0.2) is 28.5 Å². The SMILES string of the molecule is CN(CCc1ccncc1)Cc1ccc(CC(N)=S)cc1. The summed E-state index contributed by atoms with van der Waals surface area (Å²) in [6.07, 6.45) is 5.40. The summed E-state index contributed by atoms with van der Waals surface area (Å²) >= 11 is 4.93. The first kappa shape index (κ1) is 15.6. The molecule has 3 nitrogen and oxygen atoms in total. The fraction of sp³-hybridized carbons (Fsp3) is 0.294. The van der Waals surface area contributed by atoms with Gasteiger partial charge in [0.15, 0.2) is 0 Å². The smallest absolute Gasteiger partial charge is 0.0771 e. The number of hydrogen-bond acceptors (Lipinski definition) is 3. The second-order valence-electron chi connectivity index (χ2n) is 5.30. The van der Waals surface area contributed by atoms with Crippen LogP contribution < -0.4 is 5.73 Å². The van der Waals surface area contributed by atoms with Gasteiger partial charge in [-0.25, -0.2) is 0 Å². The van der Waals surface area contributed by atoms with Gasteiger partial charge in [0.25, 0.3) is 0 Å². The van der Waals surface area contributed by atoms with E-state index < -0.39 is 0 Å². The Morgan fingerprint density at radius 2 is 1.67 bits per heavy atom. The molecule has 0 aliphatic heterocycles. The van der Waals surface area contributed by atoms with Crippen molar-refractivity contribution in [2.24, 2.45) is 5.73 Å². The largest absolute Gasteiger partial charge is 0.393 e. The first-order chi connectivity index (χ1) is 10.1. The standard InChI is InChI=1S/C17H21N3S/c1-20(11-8-14-6-9-19-10-7-14)13-16-4-2-15(3-5-16)12-17(18)21/h2-7,9-10H,8,11-13H2,1H3,(H2,18,21). The van der Waals surface area contributed by atoms with Gasteiger partial charge in [-0.3, -0.25) is 4.98 Å². The van der Waals surface area contributed by atoms with E-state index in [4.69, 9.17) is 18.0 Å². The third-order valence-electron chi connectivity index (χ3n) is 3.39. The summed E-state index contributed by atoms with van der Waals surface area (Å²) in [6.45, 7) is 1.97. The zero-order valence-corrected chi connectivity index (χ0v) is 13.1. The lowest BCUT2D eigenvalue weighted by molar-refractivity contribution is 0.331. The lowest BCUT2D eigenvalue weighted by Crippen LogP contribution is -2.20. The molecule has 2 aromatic rings. The molecule has 0 aliphatic rings. The van der Waals surface area contributed by atoms with Gasteiger partial charge in [-0.1, -0.05) is 36.5 Å². The average Bonchev–Trinajstić information content (AvgIpc) is 2.48. The van der Waals surface area contributed by atoms with Gasteiger partial charge in [-0.2, -0.15) is 0 Å². The molecule has 0 saturated carbocycles. The van der Waals surface area contributed by atoms with Crippen LogP contribution in [0.5, 0.6) is 0 Å². The summed E-state index contributed by atoms with van der Waals surface area (Å²) in [5.74, 6) is 0. The number of nitrogens with two attached hydrogens (primary N) is 1. The van der Waals surface area contributed by atoms with Crippen molar-refractivity contribution in [3.05, 3.63) is 65.5 Å². The molecule has 0 atom stereocenters. The molecule has 0 amide bonds. The van der Waals surface area contributed by atoms with Gasteiger partial charge in [-0.15, -0.1) is 0 Å². The highest BCUT2D eigenvalue weighted by Crippen LogP contribution is 2.08. The first-order valence-corrected chi connectivity index (χ1v) is 7.48. The van der Waals surface area contributed by atoms with Crippen LogP contribution in [0.25, 0.3) is 0 Å². The maximum atomic E-state index is 5.56. The van der Waals surface area contributed by atoms with Crippen LogP contribution in [0.4, 0.5) is 0 Å². The topological polar surface area (TPSA) is 42.2 Å². The van der Waals surface area contributed by atoms with Crippen molar-refractivity contribution in [2.75, 3.05) is 13.6 Å². The number of hydrogen-bond donors (Lipinski definition) is 1. The van der Waals surface area contributed by atoms with Crippen molar-refractivity contribution in [3.63, 3.8) is 0 Å². The van der Waals surface area contributed by atoms with E-state index >= 15 is 0 Å². The van der Waals surface area contributed by atoms with E-state index in [2.05, 4.69) is 53.3 Å². The zero-order valence-electron chi connectivity index (χ0n) is 12.3. The summed E-state index contributed by atoms with van der Waals surface area (Å²) in [7, 11) is 2.14. The van der Waals surface area contributed by atoms with Gasteiger partial charge >= 0.3 is 0 Å². The van der Waals surface area contributed by atoms with Crippen molar-refractivity contribution in [3.8, 4) is 0 Å². The minimum atomic E-state index is 0.539. The Morgan fingerprint density at radius 1 is 1.05 bits per heavy atom. The minimum Gasteiger partial charge on any atom is -0.393 e. The fourth-order valence-corrected chi connectivity index (χ4v) is 2.39. The fourth-order valence-electron chi connectivity index (χ4n) is 2.22. The van der Waals surface area contributed by atoms with Crippen LogP contribution in [0.15, 0.2) is 48.8 Å². The first-order valence-electron chi connectivity index (χ1n) is 7.07. The molecule has 0 unspecified atom stereocenters. The molecule has 0 fully saturated rings. The molecule has 0 bridgehead atoms. The number of likely N-dealkylation sites (N-methyl/N-ethyl adjacent to an activating group) is 1. The minimum absolute atomic E-state index is 0.539. The van der Waals surface area contributed by atoms with Crippen molar-refractivity contribution >= 4 is 17.2 Å².